The maximum absolute atomic E-state index is 9.36. The smallest absolute Gasteiger partial charge is 0.123 e. The first-order valence-electron chi connectivity index (χ1n) is 7.50. The Morgan fingerprint density at radius 3 is 3.00 bits per heavy atom. The zero-order chi connectivity index (χ0) is 15.0. The number of rotatable bonds is 2. The molecule has 1 aliphatic rings. The van der Waals surface area contributed by atoms with E-state index in [9.17, 15) is 5.26 Å². The van der Waals surface area contributed by atoms with Crippen LogP contribution in [0.5, 0.6) is 5.75 Å². The van der Waals surface area contributed by atoms with E-state index < -0.39 is 0 Å². The number of aromatic amines is 1. The molecule has 0 aliphatic heterocycles. The molecule has 2 atom stereocenters. The van der Waals surface area contributed by atoms with Crippen molar-refractivity contribution in [2.45, 2.75) is 46.1 Å². The molecule has 4 nitrogen and oxygen atoms in total. The third kappa shape index (κ3) is 2.49. The SMILES string of the molecule is Cc1c(O[C@H]2CCC(C)(C)[C@H](C#N)C2)ccc2[nH]ncc12. The summed E-state index contributed by atoms with van der Waals surface area (Å²) in [7, 11) is 0. The van der Waals surface area contributed by atoms with Gasteiger partial charge in [-0.2, -0.15) is 10.4 Å². The zero-order valence-electron chi connectivity index (χ0n) is 12.8. The van der Waals surface area contributed by atoms with Gasteiger partial charge in [-0.3, -0.25) is 5.10 Å². The number of hydrogen-bond donors (Lipinski definition) is 1. The van der Waals surface area contributed by atoms with Crippen molar-refractivity contribution < 1.29 is 4.74 Å². The van der Waals surface area contributed by atoms with E-state index in [0.717, 1.165) is 41.5 Å². The lowest BCUT2D eigenvalue weighted by atomic mass is 9.68. The van der Waals surface area contributed by atoms with E-state index in [-0.39, 0.29) is 17.4 Å². The number of hydrogen-bond acceptors (Lipinski definition) is 3. The van der Waals surface area contributed by atoms with E-state index in [1.807, 2.05) is 18.3 Å². The Bertz CT molecular complexity index is 696. The lowest BCUT2D eigenvalue weighted by Gasteiger charge is -2.38. The van der Waals surface area contributed by atoms with Gasteiger partial charge in [0.2, 0.25) is 0 Å². The molecule has 1 aromatic heterocycles. The molecule has 1 heterocycles. The van der Waals surface area contributed by atoms with Gasteiger partial charge in [-0.25, -0.2) is 0 Å². The Morgan fingerprint density at radius 1 is 1.43 bits per heavy atom. The van der Waals surface area contributed by atoms with Gasteiger partial charge in [-0.05, 0) is 37.3 Å². The molecule has 0 saturated heterocycles. The molecular formula is C17H21N3O. The van der Waals surface area contributed by atoms with Gasteiger partial charge in [-0.1, -0.05) is 13.8 Å². The van der Waals surface area contributed by atoms with Gasteiger partial charge in [0.1, 0.15) is 11.9 Å². The van der Waals surface area contributed by atoms with Gasteiger partial charge in [0.25, 0.3) is 0 Å². The van der Waals surface area contributed by atoms with Gasteiger partial charge in [0.15, 0.2) is 0 Å². The highest BCUT2D eigenvalue weighted by molar-refractivity contribution is 5.83. The number of nitrogens with one attached hydrogen (secondary N) is 1. The van der Waals surface area contributed by atoms with Crippen molar-refractivity contribution >= 4 is 10.9 Å². The van der Waals surface area contributed by atoms with Crippen LogP contribution in [-0.4, -0.2) is 16.3 Å². The molecular weight excluding hydrogens is 262 g/mol. The summed E-state index contributed by atoms with van der Waals surface area (Å²) in [5, 5.41) is 17.5. The van der Waals surface area contributed by atoms with Crippen LogP contribution in [0.1, 0.15) is 38.7 Å². The van der Waals surface area contributed by atoms with E-state index in [4.69, 9.17) is 4.74 Å². The van der Waals surface area contributed by atoms with Crippen LogP contribution < -0.4 is 4.74 Å². The fourth-order valence-electron chi connectivity index (χ4n) is 3.19. The van der Waals surface area contributed by atoms with Crippen molar-refractivity contribution in [1.29, 1.82) is 5.26 Å². The number of benzene rings is 1. The van der Waals surface area contributed by atoms with E-state index in [0.29, 0.717) is 0 Å². The van der Waals surface area contributed by atoms with Gasteiger partial charge in [0.05, 0.1) is 23.7 Å². The van der Waals surface area contributed by atoms with Crippen LogP contribution in [0.4, 0.5) is 0 Å². The molecule has 1 saturated carbocycles. The first-order chi connectivity index (χ1) is 10.0. The monoisotopic (exact) mass is 283 g/mol. The van der Waals surface area contributed by atoms with Crippen LogP contribution in [0.2, 0.25) is 0 Å². The summed E-state index contributed by atoms with van der Waals surface area (Å²) in [4.78, 5) is 0. The highest BCUT2D eigenvalue weighted by Crippen LogP contribution is 2.41. The second kappa shape index (κ2) is 5.07. The highest BCUT2D eigenvalue weighted by Gasteiger charge is 2.37. The standard InChI is InChI=1S/C17H21N3O/c1-11-14-10-19-20-15(14)4-5-16(11)21-13-6-7-17(2,3)12(8-13)9-18/h4-5,10,12-13H,6-8H2,1-3H3,(H,19,20)/t12-,13-/m0/s1. The number of nitriles is 1. The minimum atomic E-state index is 0.0641. The molecule has 1 N–H and O–H groups in total. The summed E-state index contributed by atoms with van der Waals surface area (Å²) in [6.07, 6.45) is 4.81. The average molecular weight is 283 g/mol. The lowest BCUT2D eigenvalue weighted by Crippen LogP contribution is -2.36. The van der Waals surface area contributed by atoms with Crippen LogP contribution in [-0.2, 0) is 0 Å². The molecule has 0 radical (unpaired) electrons. The predicted molar refractivity (Wildman–Crippen MR) is 82.0 cm³/mol. The van der Waals surface area contributed by atoms with Crippen molar-refractivity contribution in [3.63, 3.8) is 0 Å². The molecule has 21 heavy (non-hydrogen) atoms. The van der Waals surface area contributed by atoms with E-state index in [1.165, 1.54) is 0 Å². The molecule has 4 heteroatoms. The largest absolute Gasteiger partial charge is 0.490 e. The summed E-state index contributed by atoms with van der Waals surface area (Å²) in [5.74, 6) is 0.972. The molecule has 2 aromatic rings. The molecule has 0 spiro atoms. The van der Waals surface area contributed by atoms with Crippen LogP contribution in [0, 0.1) is 29.6 Å². The molecule has 3 rings (SSSR count). The molecule has 1 aromatic carbocycles. The molecule has 1 fully saturated rings. The first-order valence-corrected chi connectivity index (χ1v) is 7.50. The van der Waals surface area contributed by atoms with E-state index >= 15 is 0 Å². The molecule has 110 valence electrons. The summed E-state index contributed by atoms with van der Waals surface area (Å²) in [6, 6.07) is 6.45. The molecule has 1 aliphatic carbocycles. The number of aromatic nitrogens is 2. The Labute approximate surface area is 125 Å². The van der Waals surface area contributed by atoms with Crippen LogP contribution in [0.15, 0.2) is 18.3 Å². The van der Waals surface area contributed by atoms with E-state index in [2.05, 4.69) is 37.0 Å². The normalized spacial score (nSPS) is 24.7. The van der Waals surface area contributed by atoms with Crippen molar-refractivity contribution in [2.24, 2.45) is 11.3 Å². The Morgan fingerprint density at radius 2 is 2.24 bits per heavy atom. The fourth-order valence-corrected chi connectivity index (χ4v) is 3.19. The second-order valence-corrected chi connectivity index (χ2v) is 6.70. The molecule has 0 unspecified atom stereocenters. The minimum absolute atomic E-state index is 0.0641. The van der Waals surface area contributed by atoms with Crippen LogP contribution in [0.25, 0.3) is 10.9 Å². The summed E-state index contributed by atoms with van der Waals surface area (Å²) < 4.78 is 6.20. The number of ether oxygens (including phenoxy) is 1. The number of H-pyrrole nitrogens is 1. The number of fused-ring (bicyclic) bond motifs is 1. The topological polar surface area (TPSA) is 61.7 Å². The maximum Gasteiger partial charge on any atom is 0.123 e. The average Bonchev–Trinajstić information content (AvgIpc) is 2.93. The highest BCUT2D eigenvalue weighted by atomic mass is 16.5. The van der Waals surface area contributed by atoms with Crippen molar-refractivity contribution in [3.8, 4) is 11.8 Å². The van der Waals surface area contributed by atoms with Crippen molar-refractivity contribution in [1.82, 2.24) is 10.2 Å². The van der Waals surface area contributed by atoms with Crippen molar-refractivity contribution in [2.75, 3.05) is 0 Å². The minimum Gasteiger partial charge on any atom is -0.490 e. The number of aryl methyl sites for hydroxylation is 1. The van der Waals surface area contributed by atoms with Crippen LogP contribution >= 0.6 is 0 Å². The van der Waals surface area contributed by atoms with Gasteiger partial charge < -0.3 is 4.74 Å². The quantitative estimate of drug-likeness (QED) is 0.907. The maximum atomic E-state index is 9.36. The van der Waals surface area contributed by atoms with Crippen LogP contribution in [0.3, 0.4) is 0 Å². The molecule has 0 bridgehead atoms. The van der Waals surface area contributed by atoms with Gasteiger partial charge in [0, 0.05) is 17.4 Å². The van der Waals surface area contributed by atoms with E-state index in [1.54, 1.807) is 0 Å². The van der Waals surface area contributed by atoms with Gasteiger partial charge >= 0.3 is 0 Å². The van der Waals surface area contributed by atoms with Crippen molar-refractivity contribution in [3.05, 3.63) is 23.9 Å². The Balaban J connectivity index is 1.80. The summed E-state index contributed by atoms with van der Waals surface area (Å²) in [6.45, 7) is 6.42. The Kier molecular flexibility index (Phi) is 3.36. The Hall–Kier alpha value is -2.02. The second-order valence-electron chi connectivity index (χ2n) is 6.70. The lowest BCUT2D eigenvalue weighted by molar-refractivity contribution is 0.0672. The third-order valence-electron chi connectivity index (χ3n) is 4.85. The first kappa shape index (κ1) is 13.9. The summed E-state index contributed by atoms with van der Waals surface area (Å²) >= 11 is 0. The third-order valence-corrected chi connectivity index (χ3v) is 4.85. The number of nitrogens with zero attached hydrogens (tertiary/aromatic N) is 2. The fraction of sp³-hybridized carbons (Fsp3) is 0.529. The van der Waals surface area contributed by atoms with Gasteiger partial charge in [-0.15, -0.1) is 0 Å². The predicted octanol–water partition coefficient (Wildman–Crippen LogP) is 3.97. The molecule has 0 amide bonds. The zero-order valence-corrected chi connectivity index (χ0v) is 12.8. The summed E-state index contributed by atoms with van der Waals surface area (Å²) in [5.41, 5.74) is 2.23.